The van der Waals surface area contributed by atoms with Crippen LogP contribution in [0, 0.1) is 0 Å². The lowest BCUT2D eigenvalue weighted by Gasteiger charge is -2.30. The fourth-order valence-corrected chi connectivity index (χ4v) is 3.21. The number of hydrogen-bond acceptors (Lipinski definition) is 3. The molecule has 3 heteroatoms. The normalized spacial score (nSPS) is 25.1. The van der Waals surface area contributed by atoms with Crippen LogP contribution in [-0.2, 0) is 4.79 Å². The molecule has 3 aliphatic carbocycles. The molecule has 0 spiro atoms. The predicted octanol–water partition coefficient (Wildman–Crippen LogP) is 3.64. The van der Waals surface area contributed by atoms with Crippen LogP contribution in [0.1, 0.15) is 70.6 Å². The highest BCUT2D eigenvalue weighted by Crippen LogP contribution is 2.22. The van der Waals surface area contributed by atoms with E-state index in [9.17, 15) is 4.79 Å². The lowest BCUT2D eigenvalue weighted by Crippen LogP contribution is -2.40. The van der Waals surface area contributed by atoms with E-state index in [0.29, 0.717) is 0 Å². The number of ketones is 1. The second-order valence-electron chi connectivity index (χ2n) is 6.12. The summed E-state index contributed by atoms with van der Waals surface area (Å²) in [6.45, 7) is 0. The van der Waals surface area contributed by atoms with Crippen molar-refractivity contribution < 1.29 is 9.90 Å². The van der Waals surface area contributed by atoms with Gasteiger partial charge in [0.15, 0.2) is 5.78 Å². The molecule has 2 saturated carbocycles. The van der Waals surface area contributed by atoms with E-state index in [2.05, 4.69) is 5.32 Å². The molecule has 0 bridgehead atoms. The molecular formula is C16H27NO2. The van der Waals surface area contributed by atoms with Crippen molar-refractivity contribution in [2.75, 3.05) is 0 Å². The predicted molar refractivity (Wildman–Crippen MR) is 77.2 cm³/mol. The van der Waals surface area contributed by atoms with Crippen molar-refractivity contribution in [3.8, 4) is 0 Å². The maximum absolute atomic E-state index is 9.87. The molecule has 2 N–H and O–H groups in total. The zero-order valence-corrected chi connectivity index (χ0v) is 11.9. The van der Waals surface area contributed by atoms with Crippen molar-refractivity contribution in [1.82, 2.24) is 5.32 Å². The van der Waals surface area contributed by atoms with Crippen molar-refractivity contribution in [3.63, 3.8) is 0 Å². The molecule has 0 aromatic heterocycles. The minimum Gasteiger partial charge on any atom is -0.512 e. The Bertz CT molecular complexity index is 297. The van der Waals surface area contributed by atoms with E-state index in [1.165, 1.54) is 70.3 Å². The Balaban J connectivity index is 0.000000186. The number of aliphatic hydroxyl groups is 1. The van der Waals surface area contributed by atoms with Crippen molar-refractivity contribution >= 4 is 5.78 Å². The fourth-order valence-electron chi connectivity index (χ4n) is 3.21. The van der Waals surface area contributed by atoms with Gasteiger partial charge in [0, 0.05) is 18.2 Å². The molecule has 2 fully saturated rings. The molecule has 3 aliphatic rings. The largest absolute Gasteiger partial charge is 0.512 e. The Morgan fingerprint density at radius 2 is 1.32 bits per heavy atom. The third-order valence-corrected chi connectivity index (χ3v) is 4.36. The van der Waals surface area contributed by atoms with E-state index >= 15 is 0 Å². The van der Waals surface area contributed by atoms with Crippen LogP contribution in [0.15, 0.2) is 11.8 Å². The average Bonchev–Trinajstić information content (AvgIpc) is 2.41. The van der Waals surface area contributed by atoms with Gasteiger partial charge in [-0.2, -0.15) is 0 Å². The lowest BCUT2D eigenvalue weighted by molar-refractivity contribution is -0.116. The van der Waals surface area contributed by atoms with Gasteiger partial charge in [0.1, 0.15) is 5.76 Å². The first-order valence-corrected chi connectivity index (χ1v) is 7.92. The second kappa shape index (κ2) is 7.68. The highest BCUT2D eigenvalue weighted by molar-refractivity contribution is 5.97. The molecule has 19 heavy (non-hydrogen) atoms. The molecule has 0 radical (unpaired) electrons. The molecule has 0 aliphatic heterocycles. The molecule has 0 heterocycles. The number of rotatable bonds is 2. The first-order valence-electron chi connectivity index (χ1n) is 7.92. The minimum atomic E-state index is 0.0208. The van der Waals surface area contributed by atoms with Crippen LogP contribution in [0.5, 0.6) is 0 Å². The Morgan fingerprint density at radius 3 is 1.58 bits per heavy atom. The zero-order valence-electron chi connectivity index (χ0n) is 11.9. The van der Waals surface area contributed by atoms with E-state index < -0.39 is 0 Å². The molecule has 0 aromatic rings. The summed E-state index contributed by atoms with van der Waals surface area (Å²) in [6.07, 6.45) is 16.0. The van der Waals surface area contributed by atoms with Crippen molar-refractivity contribution in [2.45, 2.75) is 82.7 Å². The van der Waals surface area contributed by atoms with Gasteiger partial charge in [-0.15, -0.1) is 0 Å². The Morgan fingerprint density at radius 1 is 0.895 bits per heavy atom. The van der Waals surface area contributed by atoms with Gasteiger partial charge in [-0.25, -0.2) is 0 Å². The Kier molecular flexibility index (Phi) is 5.90. The van der Waals surface area contributed by atoms with Gasteiger partial charge in [-0.3, -0.25) is 4.79 Å². The van der Waals surface area contributed by atoms with E-state index in [1.54, 1.807) is 0 Å². The minimum absolute atomic E-state index is 0.0208. The zero-order chi connectivity index (χ0) is 13.5. The van der Waals surface area contributed by atoms with Gasteiger partial charge in [-0.1, -0.05) is 38.5 Å². The molecular weight excluding hydrogens is 238 g/mol. The topological polar surface area (TPSA) is 49.3 Å². The van der Waals surface area contributed by atoms with E-state index in [1.807, 2.05) is 0 Å². The average molecular weight is 265 g/mol. The first kappa shape index (κ1) is 14.6. The Hall–Kier alpha value is -0.830. The summed E-state index contributed by atoms with van der Waals surface area (Å²) in [5, 5.41) is 12.1. The molecule has 108 valence electrons. The van der Waals surface area contributed by atoms with Crippen LogP contribution in [0.3, 0.4) is 0 Å². The molecule has 0 aromatic carbocycles. The second-order valence-corrected chi connectivity index (χ2v) is 6.12. The van der Waals surface area contributed by atoms with Crippen molar-refractivity contribution in [1.29, 1.82) is 0 Å². The molecule has 3 nitrogen and oxygen atoms in total. The highest BCUT2D eigenvalue weighted by Gasteiger charge is 2.19. The SMILES string of the molecule is C1CCC(NC2CCCCC2)CC1.O=C1C=C(O)C1. The number of carbonyl (C=O) groups is 1. The Labute approximate surface area is 116 Å². The summed E-state index contributed by atoms with van der Waals surface area (Å²) in [4.78, 5) is 9.87. The van der Waals surface area contributed by atoms with Gasteiger partial charge in [0.25, 0.3) is 0 Å². The summed E-state index contributed by atoms with van der Waals surface area (Å²) in [6, 6.07) is 1.74. The standard InChI is InChI=1S/C12H23N.C4H4O2/c1-3-7-11(8-4-1)13-12-9-5-2-6-10-12;5-3-1-4(6)2-3/h11-13H,1-10H2;1,5H,2H2. The first-order chi connectivity index (χ1) is 9.24. The monoisotopic (exact) mass is 265 g/mol. The summed E-state index contributed by atoms with van der Waals surface area (Å²) in [7, 11) is 0. The van der Waals surface area contributed by atoms with Crippen LogP contribution >= 0.6 is 0 Å². The quantitative estimate of drug-likeness (QED) is 0.801. The number of nitrogens with one attached hydrogen (secondary N) is 1. The summed E-state index contributed by atoms with van der Waals surface area (Å²) in [5.41, 5.74) is 0. The van der Waals surface area contributed by atoms with Crippen LogP contribution in [0.4, 0.5) is 0 Å². The number of hydrogen-bond donors (Lipinski definition) is 2. The van der Waals surface area contributed by atoms with Crippen molar-refractivity contribution in [2.24, 2.45) is 0 Å². The maximum atomic E-state index is 9.87. The molecule has 3 rings (SSSR count). The third-order valence-electron chi connectivity index (χ3n) is 4.36. The highest BCUT2D eigenvalue weighted by atomic mass is 16.3. The lowest BCUT2D eigenvalue weighted by atomic mass is 9.91. The van der Waals surface area contributed by atoms with E-state index in [-0.39, 0.29) is 18.0 Å². The van der Waals surface area contributed by atoms with Gasteiger partial charge >= 0.3 is 0 Å². The van der Waals surface area contributed by atoms with Gasteiger partial charge < -0.3 is 10.4 Å². The summed E-state index contributed by atoms with van der Waals surface area (Å²) < 4.78 is 0. The smallest absolute Gasteiger partial charge is 0.166 e. The van der Waals surface area contributed by atoms with Crippen molar-refractivity contribution in [3.05, 3.63) is 11.8 Å². The van der Waals surface area contributed by atoms with Crippen LogP contribution in [0.25, 0.3) is 0 Å². The number of carbonyl (C=O) groups excluding carboxylic acids is 1. The molecule has 0 saturated heterocycles. The van der Waals surface area contributed by atoms with Gasteiger partial charge in [0.05, 0.1) is 6.42 Å². The van der Waals surface area contributed by atoms with Gasteiger partial charge in [0.2, 0.25) is 0 Å². The molecule has 0 amide bonds. The molecule has 0 unspecified atom stereocenters. The van der Waals surface area contributed by atoms with Gasteiger partial charge in [-0.05, 0) is 25.7 Å². The fraction of sp³-hybridized carbons (Fsp3) is 0.812. The van der Waals surface area contributed by atoms with E-state index in [0.717, 1.165) is 12.1 Å². The summed E-state index contributed by atoms with van der Waals surface area (Å²) >= 11 is 0. The van der Waals surface area contributed by atoms with Crippen LogP contribution < -0.4 is 5.32 Å². The molecule has 0 atom stereocenters. The van der Waals surface area contributed by atoms with E-state index in [4.69, 9.17) is 5.11 Å². The maximum Gasteiger partial charge on any atom is 0.166 e. The summed E-state index contributed by atoms with van der Waals surface area (Å²) in [5.74, 6) is 0.229. The number of allylic oxidation sites excluding steroid dienone is 2. The van der Waals surface area contributed by atoms with Crippen LogP contribution in [0.2, 0.25) is 0 Å². The number of aliphatic hydroxyl groups excluding tert-OH is 1. The van der Waals surface area contributed by atoms with Crippen LogP contribution in [-0.4, -0.2) is 23.0 Å². The third kappa shape index (κ3) is 5.35.